The Labute approximate surface area is 356 Å². The zero-order chi connectivity index (χ0) is 40.7. The lowest BCUT2D eigenvalue weighted by atomic mass is 9.91. The van der Waals surface area contributed by atoms with Crippen molar-refractivity contribution in [3.63, 3.8) is 0 Å². The molecule has 0 saturated carbocycles. The zero-order valence-corrected chi connectivity index (χ0v) is 33.4. The fourth-order valence-corrected chi connectivity index (χ4v) is 9.61. The molecule has 0 spiro atoms. The van der Waals surface area contributed by atoms with E-state index in [1.807, 2.05) is 24.3 Å². The average Bonchev–Trinajstić information content (AvgIpc) is 4.04. The van der Waals surface area contributed by atoms with Gasteiger partial charge in [0.2, 0.25) is 0 Å². The number of anilines is 3. The van der Waals surface area contributed by atoms with Gasteiger partial charge in [-0.3, -0.25) is 0 Å². The molecule has 0 bridgehead atoms. The molecular weight excluding hydrogens is 759 g/mol. The van der Waals surface area contributed by atoms with Crippen LogP contribution in [0.15, 0.2) is 226 Å². The summed E-state index contributed by atoms with van der Waals surface area (Å²) in [7, 11) is 0. The van der Waals surface area contributed by atoms with Crippen LogP contribution in [0.2, 0.25) is 0 Å². The predicted octanol–water partition coefficient (Wildman–Crippen LogP) is 17.0. The van der Waals surface area contributed by atoms with Crippen LogP contribution in [0.3, 0.4) is 0 Å². The van der Waals surface area contributed by atoms with E-state index in [0.717, 1.165) is 116 Å². The summed E-state index contributed by atoms with van der Waals surface area (Å²) in [5.41, 5.74) is 12.7. The third kappa shape index (κ3) is 5.33. The number of para-hydroxylation sites is 2. The Morgan fingerprint density at radius 1 is 0.274 bits per heavy atom. The Hall–Kier alpha value is -8.34. The lowest BCUT2D eigenvalue weighted by molar-refractivity contribution is 0.636. The normalized spacial score (nSPS) is 11.9. The zero-order valence-electron chi connectivity index (χ0n) is 33.4. The molecule has 0 atom stereocenters. The Kier molecular flexibility index (Phi) is 7.57. The van der Waals surface area contributed by atoms with Gasteiger partial charge in [0, 0.05) is 72.6 Å². The Bertz CT molecular complexity index is 3760. The van der Waals surface area contributed by atoms with Gasteiger partial charge in [-0.1, -0.05) is 146 Å². The summed E-state index contributed by atoms with van der Waals surface area (Å²) < 4.78 is 20.0. The molecule has 4 nitrogen and oxygen atoms in total. The maximum absolute atomic E-state index is 7.12. The summed E-state index contributed by atoms with van der Waals surface area (Å²) in [5, 5.41) is 10.1. The average molecular weight is 794 g/mol. The first-order valence-electron chi connectivity index (χ1n) is 21.0. The van der Waals surface area contributed by atoms with Crippen molar-refractivity contribution < 1.29 is 13.3 Å². The number of benzene rings is 10. The fraction of sp³-hybridized carbons (Fsp3) is 0. The van der Waals surface area contributed by atoms with Crippen LogP contribution in [-0.4, -0.2) is 0 Å². The minimum atomic E-state index is 0.837. The number of rotatable bonds is 6. The van der Waals surface area contributed by atoms with Gasteiger partial charge in [0.05, 0.1) is 0 Å². The topological polar surface area (TPSA) is 42.7 Å². The van der Waals surface area contributed by atoms with Crippen LogP contribution in [-0.2, 0) is 0 Å². The van der Waals surface area contributed by atoms with Gasteiger partial charge in [0.25, 0.3) is 0 Å². The highest BCUT2D eigenvalue weighted by Crippen LogP contribution is 2.48. The Morgan fingerprint density at radius 3 is 1.42 bits per heavy atom. The summed E-state index contributed by atoms with van der Waals surface area (Å²) in [6.07, 6.45) is 0. The van der Waals surface area contributed by atoms with E-state index in [4.69, 9.17) is 13.3 Å². The highest BCUT2D eigenvalue weighted by molar-refractivity contribution is 6.29. The van der Waals surface area contributed by atoms with Crippen LogP contribution < -0.4 is 4.90 Å². The molecule has 0 unspecified atom stereocenters. The van der Waals surface area contributed by atoms with Gasteiger partial charge in [-0.2, -0.15) is 0 Å². The van der Waals surface area contributed by atoms with Crippen molar-refractivity contribution in [3.8, 4) is 33.6 Å². The number of nitrogens with zero attached hydrogens (tertiary/aromatic N) is 1. The SMILES string of the molecule is c1ccc(-c2oc3c4cc(-c5cccc(N(c6ccc7c(c6)oc6ccccc67)c6ccc7c(c6)oc6ccccc67)c5)ccc4c4ccccc4c3c2-c2ccccc2)cc1. The van der Waals surface area contributed by atoms with E-state index in [1.54, 1.807) is 0 Å². The quantitative estimate of drug-likeness (QED) is 0.157. The third-order valence-electron chi connectivity index (χ3n) is 12.4. The molecule has 3 aromatic heterocycles. The third-order valence-corrected chi connectivity index (χ3v) is 12.4. The van der Waals surface area contributed by atoms with E-state index < -0.39 is 0 Å². The highest BCUT2D eigenvalue weighted by atomic mass is 16.3. The minimum Gasteiger partial charge on any atom is -0.456 e. The molecule has 290 valence electrons. The molecule has 0 radical (unpaired) electrons. The van der Waals surface area contributed by atoms with E-state index in [-0.39, 0.29) is 0 Å². The van der Waals surface area contributed by atoms with Crippen molar-refractivity contribution >= 4 is 93.5 Å². The van der Waals surface area contributed by atoms with Crippen LogP contribution >= 0.6 is 0 Å². The molecule has 13 rings (SSSR count). The van der Waals surface area contributed by atoms with Crippen molar-refractivity contribution in [1.29, 1.82) is 0 Å². The van der Waals surface area contributed by atoms with E-state index in [1.165, 1.54) is 10.8 Å². The monoisotopic (exact) mass is 793 g/mol. The second-order valence-electron chi connectivity index (χ2n) is 16.0. The molecule has 0 aliphatic carbocycles. The number of hydrogen-bond acceptors (Lipinski definition) is 4. The second-order valence-corrected chi connectivity index (χ2v) is 16.0. The van der Waals surface area contributed by atoms with Crippen LogP contribution in [0.1, 0.15) is 0 Å². The Morgan fingerprint density at radius 2 is 0.758 bits per heavy atom. The van der Waals surface area contributed by atoms with Crippen LogP contribution in [0, 0.1) is 0 Å². The van der Waals surface area contributed by atoms with Crippen LogP contribution in [0.25, 0.3) is 110 Å². The van der Waals surface area contributed by atoms with E-state index >= 15 is 0 Å². The fourth-order valence-electron chi connectivity index (χ4n) is 9.61. The molecule has 0 amide bonds. The Balaban J connectivity index is 1.02. The highest BCUT2D eigenvalue weighted by Gasteiger charge is 2.24. The predicted molar refractivity (Wildman–Crippen MR) is 257 cm³/mol. The van der Waals surface area contributed by atoms with Gasteiger partial charge in [-0.05, 0) is 87.4 Å². The summed E-state index contributed by atoms with van der Waals surface area (Å²) in [5.74, 6) is 0.871. The van der Waals surface area contributed by atoms with Gasteiger partial charge in [0.1, 0.15) is 33.7 Å². The first-order valence-corrected chi connectivity index (χ1v) is 21.0. The van der Waals surface area contributed by atoms with Crippen molar-refractivity contribution in [3.05, 3.63) is 212 Å². The van der Waals surface area contributed by atoms with E-state index in [2.05, 4.69) is 193 Å². The molecule has 62 heavy (non-hydrogen) atoms. The van der Waals surface area contributed by atoms with Crippen LogP contribution in [0.5, 0.6) is 0 Å². The molecule has 0 aliphatic rings. The molecule has 0 aliphatic heterocycles. The van der Waals surface area contributed by atoms with Crippen LogP contribution in [0.4, 0.5) is 17.1 Å². The maximum atomic E-state index is 7.12. The molecule has 0 saturated heterocycles. The smallest absolute Gasteiger partial charge is 0.143 e. The molecule has 4 heteroatoms. The van der Waals surface area contributed by atoms with Gasteiger partial charge in [-0.25, -0.2) is 0 Å². The summed E-state index contributed by atoms with van der Waals surface area (Å²) in [6, 6.07) is 74.8. The largest absolute Gasteiger partial charge is 0.456 e. The molecule has 13 aromatic rings. The van der Waals surface area contributed by atoms with Crippen molar-refractivity contribution in [1.82, 2.24) is 0 Å². The second kappa shape index (κ2) is 13.6. The van der Waals surface area contributed by atoms with Gasteiger partial charge < -0.3 is 18.2 Å². The van der Waals surface area contributed by atoms with Gasteiger partial charge >= 0.3 is 0 Å². The first-order chi connectivity index (χ1) is 30.7. The molecule has 0 N–H and O–H groups in total. The molecular formula is C58H35NO3. The molecule has 0 fully saturated rings. The summed E-state index contributed by atoms with van der Waals surface area (Å²) in [6.45, 7) is 0. The van der Waals surface area contributed by atoms with E-state index in [9.17, 15) is 0 Å². The lowest BCUT2D eigenvalue weighted by Crippen LogP contribution is -2.09. The lowest BCUT2D eigenvalue weighted by Gasteiger charge is -2.26. The standard InChI is InChI=1S/C58H35NO3/c1-3-14-36(15-4-1)55-56-49-23-8-7-20-43(49)44-29-26-39(33-50(44)58(56)62-57(55)37-16-5-2-6-17-37)38-18-13-19-40(32-38)59(41-27-30-47-45-21-9-11-24-51(45)60-53(47)34-41)42-28-31-48-46-22-10-12-25-52(46)61-54(48)35-42/h1-35H. The number of hydrogen-bond donors (Lipinski definition) is 0. The van der Waals surface area contributed by atoms with Crippen molar-refractivity contribution in [2.75, 3.05) is 4.90 Å². The minimum absolute atomic E-state index is 0.837. The molecule has 10 aromatic carbocycles. The number of fused-ring (bicyclic) bond motifs is 12. The van der Waals surface area contributed by atoms with Crippen molar-refractivity contribution in [2.45, 2.75) is 0 Å². The first kappa shape index (κ1) is 34.5. The number of furan rings is 3. The summed E-state index contributed by atoms with van der Waals surface area (Å²) in [4.78, 5) is 2.29. The van der Waals surface area contributed by atoms with Gasteiger partial charge in [0.15, 0.2) is 0 Å². The van der Waals surface area contributed by atoms with E-state index in [0.29, 0.717) is 0 Å². The maximum Gasteiger partial charge on any atom is 0.143 e. The summed E-state index contributed by atoms with van der Waals surface area (Å²) >= 11 is 0. The van der Waals surface area contributed by atoms with Gasteiger partial charge in [-0.15, -0.1) is 0 Å². The molecule has 3 heterocycles. The van der Waals surface area contributed by atoms with Crippen molar-refractivity contribution in [2.24, 2.45) is 0 Å².